The standard InChI is InChI=1S/C26H28N6O2/c1-18-20(15-19-6-8-21(9-7-19)32-12-4-11-28-32)16-24(26(33)27-17-22-5-3-14-34-22)29-25(18)23-10-13-31(2)30-23/h4,6-13,16,22H,3,5,14-15,17H2,1-2H3,(H,27,33)/t22-/m0/s1. The first kappa shape index (κ1) is 22.0. The van der Waals surface area contributed by atoms with Crippen LogP contribution in [0.5, 0.6) is 0 Å². The fraction of sp³-hybridized carbons (Fsp3) is 0.308. The van der Waals surface area contributed by atoms with Crippen molar-refractivity contribution in [3.8, 4) is 17.1 Å². The minimum Gasteiger partial charge on any atom is -0.376 e. The number of amides is 1. The molecule has 0 bridgehead atoms. The molecule has 1 aromatic carbocycles. The van der Waals surface area contributed by atoms with Crippen LogP contribution >= 0.6 is 0 Å². The summed E-state index contributed by atoms with van der Waals surface area (Å²) in [5.41, 5.74) is 6.09. The molecule has 0 aliphatic carbocycles. The zero-order valence-electron chi connectivity index (χ0n) is 19.4. The molecule has 34 heavy (non-hydrogen) atoms. The SMILES string of the molecule is Cc1c(Cc2ccc(-n3cccn3)cc2)cc(C(=O)NC[C@@H]2CCCO2)nc1-c1ccn(C)n1. The summed E-state index contributed by atoms with van der Waals surface area (Å²) in [6.07, 6.45) is 8.34. The number of nitrogens with one attached hydrogen (secondary N) is 1. The first-order valence-electron chi connectivity index (χ1n) is 11.6. The van der Waals surface area contributed by atoms with E-state index in [1.165, 1.54) is 0 Å². The number of pyridine rings is 1. The Bertz CT molecular complexity index is 1270. The normalized spacial score (nSPS) is 15.5. The minimum absolute atomic E-state index is 0.0810. The monoisotopic (exact) mass is 456 g/mol. The molecule has 1 aliphatic heterocycles. The lowest BCUT2D eigenvalue weighted by molar-refractivity contribution is 0.0853. The lowest BCUT2D eigenvalue weighted by Gasteiger charge is -2.15. The Labute approximate surface area is 198 Å². The van der Waals surface area contributed by atoms with Crippen molar-refractivity contribution in [2.75, 3.05) is 13.2 Å². The van der Waals surface area contributed by atoms with Gasteiger partial charge in [0, 0.05) is 38.8 Å². The maximum atomic E-state index is 13.0. The van der Waals surface area contributed by atoms with Gasteiger partial charge >= 0.3 is 0 Å². The second-order valence-electron chi connectivity index (χ2n) is 8.65. The number of benzene rings is 1. The summed E-state index contributed by atoms with van der Waals surface area (Å²) in [7, 11) is 1.87. The van der Waals surface area contributed by atoms with E-state index >= 15 is 0 Å². The molecule has 1 N–H and O–H groups in total. The fourth-order valence-electron chi connectivity index (χ4n) is 4.26. The van der Waals surface area contributed by atoms with E-state index in [4.69, 9.17) is 9.72 Å². The number of aryl methyl sites for hydroxylation is 1. The van der Waals surface area contributed by atoms with Gasteiger partial charge in [-0.05, 0) is 73.2 Å². The topological polar surface area (TPSA) is 86.9 Å². The molecule has 8 heteroatoms. The van der Waals surface area contributed by atoms with E-state index in [1.807, 2.05) is 61.4 Å². The van der Waals surface area contributed by atoms with Crippen molar-refractivity contribution in [3.63, 3.8) is 0 Å². The summed E-state index contributed by atoms with van der Waals surface area (Å²) < 4.78 is 9.21. The van der Waals surface area contributed by atoms with E-state index in [2.05, 4.69) is 27.6 Å². The van der Waals surface area contributed by atoms with Gasteiger partial charge in [0.05, 0.1) is 17.5 Å². The Morgan fingerprint density at radius 2 is 2.06 bits per heavy atom. The van der Waals surface area contributed by atoms with Gasteiger partial charge in [-0.15, -0.1) is 0 Å². The average Bonchev–Trinajstić information content (AvgIpc) is 3.63. The average molecular weight is 457 g/mol. The molecular weight excluding hydrogens is 428 g/mol. The van der Waals surface area contributed by atoms with Crippen LogP contribution in [0, 0.1) is 6.92 Å². The molecule has 1 fully saturated rings. The van der Waals surface area contributed by atoms with Crippen LogP contribution in [0.3, 0.4) is 0 Å². The number of nitrogens with zero attached hydrogens (tertiary/aromatic N) is 5. The second kappa shape index (κ2) is 9.61. The summed E-state index contributed by atoms with van der Waals surface area (Å²) in [5.74, 6) is -0.192. The van der Waals surface area contributed by atoms with Gasteiger partial charge in [0.1, 0.15) is 11.4 Å². The zero-order valence-corrected chi connectivity index (χ0v) is 19.4. The molecule has 8 nitrogen and oxygen atoms in total. The molecule has 0 spiro atoms. The highest BCUT2D eigenvalue weighted by Crippen LogP contribution is 2.26. The van der Waals surface area contributed by atoms with E-state index < -0.39 is 0 Å². The quantitative estimate of drug-likeness (QED) is 0.460. The van der Waals surface area contributed by atoms with Crippen LogP contribution in [-0.4, -0.2) is 49.7 Å². The highest BCUT2D eigenvalue weighted by Gasteiger charge is 2.20. The van der Waals surface area contributed by atoms with Crippen molar-refractivity contribution in [1.82, 2.24) is 29.9 Å². The largest absolute Gasteiger partial charge is 0.376 e. The molecular formula is C26H28N6O2. The smallest absolute Gasteiger partial charge is 0.270 e. The Morgan fingerprint density at radius 1 is 1.21 bits per heavy atom. The van der Waals surface area contributed by atoms with Crippen molar-refractivity contribution in [2.45, 2.75) is 32.3 Å². The summed E-state index contributed by atoms with van der Waals surface area (Å²) in [4.78, 5) is 17.7. The van der Waals surface area contributed by atoms with E-state index in [1.54, 1.807) is 10.9 Å². The van der Waals surface area contributed by atoms with Gasteiger partial charge in [0.2, 0.25) is 0 Å². The molecule has 1 amide bonds. The summed E-state index contributed by atoms with van der Waals surface area (Å²) in [6, 6.07) is 14.0. The number of carbonyl (C=O) groups is 1. The molecule has 0 saturated carbocycles. The van der Waals surface area contributed by atoms with Crippen LogP contribution in [0.25, 0.3) is 17.1 Å². The molecule has 0 radical (unpaired) electrons. The second-order valence-corrected chi connectivity index (χ2v) is 8.65. The molecule has 0 unspecified atom stereocenters. The molecule has 4 heterocycles. The first-order valence-corrected chi connectivity index (χ1v) is 11.6. The number of aromatic nitrogens is 5. The van der Waals surface area contributed by atoms with E-state index in [0.717, 1.165) is 53.2 Å². The fourth-order valence-corrected chi connectivity index (χ4v) is 4.26. The van der Waals surface area contributed by atoms with Crippen molar-refractivity contribution >= 4 is 5.91 Å². The third-order valence-electron chi connectivity index (χ3n) is 6.18. The van der Waals surface area contributed by atoms with Crippen molar-refractivity contribution in [1.29, 1.82) is 0 Å². The minimum atomic E-state index is -0.192. The molecule has 1 atom stereocenters. The number of hydrogen-bond acceptors (Lipinski definition) is 5. The van der Waals surface area contributed by atoms with Gasteiger partial charge in [0.15, 0.2) is 0 Å². The maximum absolute atomic E-state index is 13.0. The summed E-state index contributed by atoms with van der Waals surface area (Å²) in [5, 5.41) is 11.8. The summed E-state index contributed by atoms with van der Waals surface area (Å²) in [6.45, 7) is 3.30. The van der Waals surface area contributed by atoms with Crippen LogP contribution in [0.4, 0.5) is 0 Å². The van der Waals surface area contributed by atoms with Crippen molar-refractivity contribution < 1.29 is 9.53 Å². The number of hydrogen-bond donors (Lipinski definition) is 1. The molecule has 1 aliphatic rings. The number of carbonyl (C=O) groups excluding carboxylic acids is 1. The first-order chi connectivity index (χ1) is 16.6. The third kappa shape index (κ3) is 4.77. The van der Waals surface area contributed by atoms with Gasteiger partial charge in [0.25, 0.3) is 5.91 Å². The highest BCUT2D eigenvalue weighted by atomic mass is 16.5. The zero-order chi connectivity index (χ0) is 23.5. The van der Waals surface area contributed by atoms with Gasteiger partial charge < -0.3 is 10.1 Å². The summed E-state index contributed by atoms with van der Waals surface area (Å²) >= 11 is 0. The van der Waals surface area contributed by atoms with Crippen LogP contribution in [0.1, 0.15) is 40.0 Å². The van der Waals surface area contributed by atoms with E-state index in [0.29, 0.717) is 18.7 Å². The van der Waals surface area contributed by atoms with E-state index in [-0.39, 0.29) is 12.0 Å². The Balaban J connectivity index is 1.43. The maximum Gasteiger partial charge on any atom is 0.270 e. The van der Waals surface area contributed by atoms with Crippen LogP contribution in [0.15, 0.2) is 61.1 Å². The highest BCUT2D eigenvalue weighted by molar-refractivity contribution is 5.93. The van der Waals surface area contributed by atoms with Crippen molar-refractivity contribution in [3.05, 3.63) is 83.4 Å². The predicted molar refractivity (Wildman–Crippen MR) is 129 cm³/mol. The number of ether oxygens (including phenoxy) is 1. The van der Waals surface area contributed by atoms with Crippen LogP contribution in [-0.2, 0) is 18.2 Å². The molecule has 3 aromatic heterocycles. The van der Waals surface area contributed by atoms with Gasteiger partial charge in [-0.3, -0.25) is 9.48 Å². The van der Waals surface area contributed by atoms with Gasteiger partial charge in [-0.25, -0.2) is 9.67 Å². The Morgan fingerprint density at radius 3 is 2.74 bits per heavy atom. The third-order valence-corrected chi connectivity index (χ3v) is 6.18. The van der Waals surface area contributed by atoms with E-state index in [9.17, 15) is 4.79 Å². The predicted octanol–water partition coefficient (Wildman–Crippen LogP) is 3.48. The van der Waals surface area contributed by atoms with Gasteiger partial charge in [-0.2, -0.15) is 10.2 Å². The van der Waals surface area contributed by atoms with Crippen molar-refractivity contribution in [2.24, 2.45) is 7.05 Å². The molecule has 4 aromatic rings. The van der Waals surface area contributed by atoms with Crippen LogP contribution in [0.2, 0.25) is 0 Å². The van der Waals surface area contributed by atoms with Gasteiger partial charge in [-0.1, -0.05) is 12.1 Å². The molecule has 5 rings (SSSR count). The molecule has 1 saturated heterocycles. The van der Waals surface area contributed by atoms with Crippen LogP contribution < -0.4 is 5.32 Å². The molecule has 174 valence electrons. The number of rotatable bonds is 7. The lowest BCUT2D eigenvalue weighted by atomic mass is 9.97. The Kier molecular flexibility index (Phi) is 6.22. The Hall–Kier alpha value is -3.78. The lowest BCUT2D eigenvalue weighted by Crippen LogP contribution is -2.32.